The minimum atomic E-state index is -2.47. The van der Waals surface area contributed by atoms with Gasteiger partial charge in [0, 0.05) is 22.7 Å². The maximum atomic E-state index is 12.5. The quantitative estimate of drug-likeness (QED) is 0.803. The first-order valence-corrected chi connectivity index (χ1v) is 7.66. The molecule has 116 valence electrons. The van der Waals surface area contributed by atoms with E-state index in [1.807, 2.05) is 19.9 Å². The molecular formula is C16H16F2N2OS. The van der Waals surface area contributed by atoms with Crippen molar-refractivity contribution in [3.63, 3.8) is 0 Å². The van der Waals surface area contributed by atoms with E-state index in [1.54, 1.807) is 30.5 Å². The lowest BCUT2D eigenvalue weighted by Gasteiger charge is -2.08. The zero-order chi connectivity index (χ0) is 16.1. The first kappa shape index (κ1) is 16.4. The van der Waals surface area contributed by atoms with Crippen LogP contribution in [0.3, 0.4) is 0 Å². The van der Waals surface area contributed by atoms with Gasteiger partial charge in [0.05, 0.1) is 0 Å². The number of nitrogens with zero attached hydrogens (tertiary/aromatic N) is 2. The van der Waals surface area contributed by atoms with Crippen LogP contribution in [0, 0.1) is 0 Å². The molecule has 0 aliphatic carbocycles. The molecule has 0 aliphatic rings. The van der Waals surface area contributed by atoms with E-state index in [4.69, 9.17) is 0 Å². The predicted molar refractivity (Wildman–Crippen MR) is 83.2 cm³/mol. The van der Waals surface area contributed by atoms with Crippen LogP contribution < -0.4 is 5.49 Å². The van der Waals surface area contributed by atoms with Gasteiger partial charge in [-0.1, -0.05) is 17.8 Å². The highest BCUT2D eigenvalue weighted by molar-refractivity contribution is 7.99. The summed E-state index contributed by atoms with van der Waals surface area (Å²) in [6.07, 6.45) is 1.64. The maximum Gasteiger partial charge on any atom is 0.288 e. The zero-order valence-corrected chi connectivity index (χ0v) is 13.1. The molecule has 0 N–H and O–H groups in total. The van der Waals surface area contributed by atoms with Gasteiger partial charge < -0.3 is 0 Å². The van der Waals surface area contributed by atoms with Gasteiger partial charge in [-0.3, -0.25) is 14.4 Å². The standard InChI is InChI=1S/C16H16F2N2OS/c1-11(2)19-14-5-3-4-10-20(14)15(21)12-6-8-13(9-7-12)22-16(17)18/h3-11,16H,1-2H3. The fourth-order valence-corrected chi connectivity index (χ4v) is 2.39. The van der Waals surface area contributed by atoms with E-state index in [-0.39, 0.29) is 11.9 Å². The van der Waals surface area contributed by atoms with E-state index in [0.717, 1.165) is 0 Å². The molecule has 0 radical (unpaired) electrons. The van der Waals surface area contributed by atoms with Gasteiger partial charge in [-0.25, -0.2) is 0 Å². The zero-order valence-electron chi connectivity index (χ0n) is 12.2. The number of pyridine rings is 1. The van der Waals surface area contributed by atoms with Crippen LogP contribution in [0.25, 0.3) is 0 Å². The largest absolute Gasteiger partial charge is 0.288 e. The van der Waals surface area contributed by atoms with E-state index in [0.29, 0.717) is 27.7 Å². The van der Waals surface area contributed by atoms with Crippen LogP contribution in [0.5, 0.6) is 0 Å². The van der Waals surface area contributed by atoms with Gasteiger partial charge in [-0.2, -0.15) is 8.78 Å². The molecule has 0 bridgehead atoms. The Balaban J connectivity index is 2.33. The Labute approximate surface area is 131 Å². The van der Waals surface area contributed by atoms with Gasteiger partial charge in [0.25, 0.3) is 11.7 Å². The van der Waals surface area contributed by atoms with E-state index in [1.165, 1.54) is 16.7 Å². The summed E-state index contributed by atoms with van der Waals surface area (Å²) in [5, 5.41) is 0. The third-order valence-electron chi connectivity index (χ3n) is 2.77. The number of carbonyl (C=O) groups excluding carboxylic acids is 1. The minimum absolute atomic E-state index is 0.0614. The molecule has 0 atom stereocenters. The number of thioether (sulfide) groups is 1. The van der Waals surface area contributed by atoms with E-state index in [2.05, 4.69) is 4.99 Å². The summed E-state index contributed by atoms with van der Waals surface area (Å²) < 4.78 is 26.1. The first-order chi connectivity index (χ1) is 10.5. The molecule has 1 heterocycles. The van der Waals surface area contributed by atoms with Crippen LogP contribution >= 0.6 is 11.8 Å². The van der Waals surface area contributed by atoms with Gasteiger partial charge >= 0.3 is 0 Å². The maximum absolute atomic E-state index is 12.5. The Morgan fingerprint density at radius 2 is 1.82 bits per heavy atom. The Bertz CT molecular complexity index is 709. The molecule has 22 heavy (non-hydrogen) atoms. The molecular weight excluding hydrogens is 306 g/mol. The van der Waals surface area contributed by atoms with Crippen molar-refractivity contribution in [3.05, 3.63) is 59.7 Å². The monoisotopic (exact) mass is 322 g/mol. The highest BCUT2D eigenvalue weighted by atomic mass is 32.2. The third kappa shape index (κ3) is 4.27. The molecule has 1 aromatic heterocycles. The van der Waals surface area contributed by atoms with E-state index in [9.17, 15) is 13.6 Å². The second-order valence-corrected chi connectivity index (χ2v) is 5.92. The van der Waals surface area contributed by atoms with Crippen LogP contribution in [-0.2, 0) is 0 Å². The number of benzene rings is 1. The average molecular weight is 322 g/mol. The molecule has 1 aromatic carbocycles. The average Bonchev–Trinajstić information content (AvgIpc) is 2.47. The first-order valence-electron chi connectivity index (χ1n) is 6.78. The van der Waals surface area contributed by atoms with Gasteiger partial charge in [-0.05, 0) is 50.2 Å². The summed E-state index contributed by atoms with van der Waals surface area (Å²) in [7, 11) is 0. The van der Waals surface area contributed by atoms with Crippen molar-refractivity contribution in [2.75, 3.05) is 0 Å². The molecule has 0 aliphatic heterocycles. The van der Waals surface area contributed by atoms with Crippen LogP contribution in [0.15, 0.2) is 58.5 Å². The Morgan fingerprint density at radius 3 is 2.41 bits per heavy atom. The summed E-state index contributed by atoms with van der Waals surface area (Å²) in [6.45, 7) is 3.86. The molecule has 6 heteroatoms. The normalized spacial score (nSPS) is 12.2. The topological polar surface area (TPSA) is 34.4 Å². The summed E-state index contributed by atoms with van der Waals surface area (Å²) in [5.41, 5.74) is 0.989. The van der Waals surface area contributed by atoms with E-state index < -0.39 is 5.76 Å². The van der Waals surface area contributed by atoms with Crippen molar-refractivity contribution in [2.45, 2.75) is 30.5 Å². The fraction of sp³-hybridized carbons (Fsp3) is 0.250. The number of aromatic nitrogens is 1. The summed E-state index contributed by atoms with van der Waals surface area (Å²) in [6, 6.07) is 11.5. The molecule has 0 unspecified atom stereocenters. The summed E-state index contributed by atoms with van der Waals surface area (Å²) in [4.78, 5) is 17.4. The third-order valence-corrected chi connectivity index (χ3v) is 3.50. The number of halogens is 2. The van der Waals surface area contributed by atoms with E-state index >= 15 is 0 Å². The van der Waals surface area contributed by atoms with Crippen molar-refractivity contribution >= 4 is 17.7 Å². The lowest BCUT2D eigenvalue weighted by atomic mass is 10.2. The van der Waals surface area contributed by atoms with Crippen molar-refractivity contribution in [3.8, 4) is 0 Å². The van der Waals surface area contributed by atoms with Crippen LogP contribution in [0.2, 0.25) is 0 Å². The molecule has 3 nitrogen and oxygen atoms in total. The van der Waals surface area contributed by atoms with Crippen molar-refractivity contribution in [1.29, 1.82) is 0 Å². The number of alkyl halides is 2. The number of hydrogen-bond acceptors (Lipinski definition) is 3. The molecule has 2 rings (SSSR count). The fourth-order valence-electron chi connectivity index (χ4n) is 1.89. The molecule has 2 aromatic rings. The summed E-state index contributed by atoms with van der Waals surface area (Å²) >= 11 is 0.456. The Hall–Kier alpha value is -1.95. The minimum Gasteiger partial charge on any atom is -0.268 e. The Kier molecular flexibility index (Phi) is 5.49. The molecule has 0 fully saturated rings. The van der Waals surface area contributed by atoms with Crippen LogP contribution in [0.1, 0.15) is 24.2 Å². The number of carbonyl (C=O) groups is 1. The van der Waals surface area contributed by atoms with Crippen molar-refractivity contribution in [1.82, 2.24) is 4.57 Å². The molecule has 0 saturated heterocycles. The Morgan fingerprint density at radius 1 is 1.14 bits per heavy atom. The van der Waals surface area contributed by atoms with Gasteiger partial charge in [0.15, 0.2) is 0 Å². The SMILES string of the molecule is CC(C)N=c1ccccn1C(=O)c1ccc(SC(F)F)cc1. The lowest BCUT2D eigenvalue weighted by molar-refractivity contribution is 0.0954. The number of hydrogen-bond donors (Lipinski definition) is 0. The van der Waals surface area contributed by atoms with Crippen molar-refractivity contribution < 1.29 is 13.6 Å². The van der Waals surface area contributed by atoms with Gasteiger partial charge in [0.2, 0.25) is 0 Å². The molecule has 0 spiro atoms. The highest BCUT2D eigenvalue weighted by Gasteiger charge is 2.10. The van der Waals surface area contributed by atoms with Crippen molar-refractivity contribution in [2.24, 2.45) is 4.99 Å². The second-order valence-electron chi connectivity index (χ2n) is 4.86. The smallest absolute Gasteiger partial charge is 0.268 e. The van der Waals surface area contributed by atoms with Crippen LogP contribution in [-0.4, -0.2) is 22.3 Å². The summed E-state index contributed by atoms with van der Waals surface area (Å²) in [5.74, 6) is -2.71. The predicted octanol–water partition coefficient (Wildman–Crippen LogP) is 3.80. The molecule has 0 saturated carbocycles. The second kappa shape index (κ2) is 7.35. The van der Waals surface area contributed by atoms with Crippen LogP contribution in [0.4, 0.5) is 8.78 Å². The highest BCUT2D eigenvalue weighted by Crippen LogP contribution is 2.25. The van der Waals surface area contributed by atoms with Gasteiger partial charge in [0.1, 0.15) is 5.49 Å². The lowest BCUT2D eigenvalue weighted by Crippen LogP contribution is -2.28. The van der Waals surface area contributed by atoms with Gasteiger partial charge in [-0.15, -0.1) is 0 Å². The molecule has 0 amide bonds. The number of rotatable bonds is 4.